The summed E-state index contributed by atoms with van der Waals surface area (Å²) >= 11 is 0. The number of benzene rings is 2. The van der Waals surface area contributed by atoms with Crippen LogP contribution in [0.5, 0.6) is 0 Å². The Morgan fingerprint density at radius 1 is 0.750 bits per heavy atom. The maximum absolute atomic E-state index is 10.1. The molecular formula is C22H26O6. The Labute approximate surface area is 164 Å². The average molecular weight is 386 g/mol. The van der Waals surface area contributed by atoms with Crippen molar-refractivity contribution in [3.05, 3.63) is 82.3 Å². The van der Waals surface area contributed by atoms with Crippen LogP contribution in [-0.2, 0) is 0 Å². The van der Waals surface area contributed by atoms with E-state index >= 15 is 0 Å². The summed E-state index contributed by atoms with van der Waals surface area (Å²) in [4.78, 5) is 0. The van der Waals surface area contributed by atoms with E-state index in [2.05, 4.69) is 0 Å². The second kappa shape index (κ2) is 9.52. The molecular weight excluding hydrogens is 360 g/mol. The van der Waals surface area contributed by atoms with Gasteiger partial charge in [-0.15, -0.1) is 0 Å². The van der Waals surface area contributed by atoms with Gasteiger partial charge in [-0.05, 0) is 42.7 Å². The first-order valence-electron chi connectivity index (χ1n) is 8.86. The molecule has 2 aromatic rings. The molecule has 0 fully saturated rings. The van der Waals surface area contributed by atoms with Gasteiger partial charge in [0.2, 0.25) is 0 Å². The molecule has 0 unspecified atom stereocenters. The molecule has 0 saturated carbocycles. The first-order chi connectivity index (χ1) is 13.2. The van der Waals surface area contributed by atoms with Crippen LogP contribution in [-0.4, -0.2) is 55.1 Å². The lowest BCUT2D eigenvalue weighted by atomic mass is 9.98. The molecule has 0 aliphatic rings. The number of aliphatic hydroxyl groups excluding tert-OH is 6. The fourth-order valence-electron chi connectivity index (χ4n) is 2.76. The van der Waals surface area contributed by atoms with Gasteiger partial charge >= 0.3 is 0 Å². The van der Waals surface area contributed by atoms with Gasteiger partial charge in [-0.2, -0.15) is 0 Å². The van der Waals surface area contributed by atoms with Crippen molar-refractivity contribution in [2.75, 3.05) is 0 Å². The second-order valence-electron chi connectivity index (χ2n) is 6.78. The van der Waals surface area contributed by atoms with Gasteiger partial charge in [-0.25, -0.2) is 0 Å². The van der Waals surface area contributed by atoms with Crippen LogP contribution in [0.25, 0.3) is 12.2 Å². The summed E-state index contributed by atoms with van der Waals surface area (Å²) in [6, 6.07) is 14.1. The zero-order valence-electron chi connectivity index (χ0n) is 15.8. The Balaban J connectivity index is 2.13. The largest absolute Gasteiger partial charge is 0.509 e. The summed E-state index contributed by atoms with van der Waals surface area (Å²) in [5, 5.41) is 60.6. The molecule has 0 spiro atoms. The highest BCUT2D eigenvalue weighted by Gasteiger charge is 2.34. The first kappa shape index (κ1) is 21.7. The number of aliphatic hydroxyl groups is 6. The van der Waals surface area contributed by atoms with E-state index in [-0.39, 0.29) is 0 Å². The minimum absolute atomic E-state index is 0.572. The van der Waals surface area contributed by atoms with Crippen molar-refractivity contribution >= 4 is 12.2 Å². The van der Waals surface area contributed by atoms with Crippen LogP contribution >= 0.6 is 0 Å². The Bertz CT molecular complexity index is 843. The smallest absolute Gasteiger partial charge is 0.139 e. The lowest BCUT2D eigenvalue weighted by Crippen LogP contribution is -2.45. The lowest BCUT2D eigenvalue weighted by molar-refractivity contribution is -0.0996. The van der Waals surface area contributed by atoms with Crippen molar-refractivity contribution in [3.8, 4) is 0 Å². The Morgan fingerprint density at radius 2 is 1.29 bits per heavy atom. The highest BCUT2D eigenvalue weighted by Crippen LogP contribution is 2.19. The third kappa shape index (κ3) is 5.43. The van der Waals surface area contributed by atoms with Crippen molar-refractivity contribution in [1.82, 2.24) is 0 Å². The van der Waals surface area contributed by atoms with Gasteiger partial charge < -0.3 is 30.6 Å². The molecule has 0 aromatic heterocycles. The number of hydrogen-bond acceptors (Lipinski definition) is 6. The predicted molar refractivity (Wildman–Crippen MR) is 108 cm³/mol. The van der Waals surface area contributed by atoms with E-state index < -0.39 is 35.9 Å². The highest BCUT2D eigenvalue weighted by atomic mass is 16.4. The number of hydrogen-bond donors (Lipinski definition) is 6. The molecule has 4 atom stereocenters. The second-order valence-corrected chi connectivity index (χ2v) is 6.78. The maximum atomic E-state index is 10.1. The van der Waals surface area contributed by atoms with Crippen LogP contribution in [0.1, 0.15) is 22.3 Å². The minimum Gasteiger partial charge on any atom is -0.509 e. The van der Waals surface area contributed by atoms with Gasteiger partial charge in [0.15, 0.2) is 0 Å². The van der Waals surface area contributed by atoms with Crippen molar-refractivity contribution < 1.29 is 30.6 Å². The monoisotopic (exact) mass is 386 g/mol. The van der Waals surface area contributed by atoms with E-state index in [0.717, 1.165) is 11.1 Å². The van der Waals surface area contributed by atoms with Crippen molar-refractivity contribution in [1.29, 1.82) is 0 Å². The van der Waals surface area contributed by atoms with E-state index in [0.29, 0.717) is 11.1 Å². The van der Waals surface area contributed by atoms with Gasteiger partial charge in [0.25, 0.3) is 0 Å². The fraction of sp³-hybridized carbons (Fsp3) is 0.273. The Hall–Kier alpha value is -2.64. The van der Waals surface area contributed by atoms with Crippen molar-refractivity contribution in [2.45, 2.75) is 38.3 Å². The third-order valence-corrected chi connectivity index (χ3v) is 4.45. The van der Waals surface area contributed by atoms with Crippen LogP contribution < -0.4 is 0 Å². The van der Waals surface area contributed by atoms with E-state index in [1.54, 1.807) is 36.4 Å². The molecule has 2 aromatic carbocycles. The van der Waals surface area contributed by atoms with Crippen LogP contribution in [0.2, 0.25) is 0 Å². The zero-order valence-corrected chi connectivity index (χ0v) is 15.8. The molecule has 0 saturated heterocycles. The fourth-order valence-corrected chi connectivity index (χ4v) is 2.76. The van der Waals surface area contributed by atoms with Gasteiger partial charge in [0.05, 0.1) is 0 Å². The first-order valence-corrected chi connectivity index (χ1v) is 8.86. The van der Waals surface area contributed by atoms with E-state index in [1.165, 1.54) is 12.2 Å². The standard InChI is InChI=1S/C22H26O6/c1-13-8-9-16(14(2)10-13)12-18(24)20(26)22(28)21(27)19(25)17(23)11-15-6-4-3-5-7-15/h3-12,19-28H,1-2H3/t19-,20+,21-,22-/m1/s1. The molecule has 2 rings (SSSR count). The van der Waals surface area contributed by atoms with Gasteiger partial charge in [-0.3, -0.25) is 0 Å². The lowest BCUT2D eigenvalue weighted by Gasteiger charge is -2.26. The number of rotatable bonds is 7. The Morgan fingerprint density at radius 3 is 1.82 bits per heavy atom. The minimum atomic E-state index is -1.93. The highest BCUT2D eigenvalue weighted by molar-refractivity contribution is 5.56. The summed E-state index contributed by atoms with van der Waals surface area (Å²) in [6.45, 7) is 3.76. The maximum Gasteiger partial charge on any atom is 0.139 e. The molecule has 28 heavy (non-hydrogen) atoms. The molecule has 0 amide bonds. The predicted octanol–water partition coefficient (Wildman–Crippen LogP) is 2.25. The van der Waals surface area contributed by atoms with Crippen LogP contribution in [0.4, 0.5) is 0 Å². The summed E-state index contributed by atoms with van der Waals surface area (Å²) in [5.74, 6) is -1.15. The molecule has 0 heterocycles. The molecule has 6 heteroatoms. The van der Waals surface area contributed by atoms with Gasteiger partial charge in [0, 0.05) is 0 Å². The zero-order chi connectivity index (χ0) is 20.8. The molecule has 150 valence electrons. The van der Waals surface area contributed by atoms with Crippen molar-refractivity contribution in [3.63, 3.8) is 0 Å². The van der Waals surface area contributed by atoms with Crippen LogP contribution in [0.3, 0.4) is 0 Å². The third-order valence-electron chi connectivity index (χ3n) is 4.45. The topological polar surface area (TPSA) is 121 Å². The average Bonchev–Trinajstić information content (AvgIpc) is 2.68. The quantitative estimate of drug-likeness (QED) is 0.406. The summed E-state index contributed by atoms with van der Waals surface area (Å²) in [7, 11) is 0. The van der Waals surface area contributed by atoms with E-state index in [9.17, 15) is 30.6 Å². The van der Waals surface area contributed by atoms with Crippen LogP contribution in [0.15, 0.2) is 60.0 Å². The number of aryl methyl sites for hydroxylation is 2. The molecule has 6 N–H and O–H groups in total. The molecule has 0 aliphatic carbocycles. The van der Waals surface area contributed by atoms with E-state index in [4.69, 9.17) is 0 Å². The van der Waals surface area contributed by atoms with Gasteiger partial charge in [0.1, 0.15) is 35.9 Å². The Kier molecular flexibility index (Phi) is 7.37. The SMILES string of the molecule is Cc1ccc(C=C(O)[C@H](O)[C@@H](O)[C@H](O)[C@H](O)C(O)=Cc2ccccc2)c(C)c1. The molecule has 0 aliphatic heterocycles. The molecule has 6 nitrogen and oxygen atoms in total. The van der Waals surface area contributed by atoms with Crippen molar-refractivity contribution in [2.24, 2.45) is 0 Å². The van der Waals surface area contributed by atoms with Crippen LogP contribution in [0, 0.1) is 13.8 Å². The van der Waals surface area contributed by atoms with Gasteiger partial charge in [-0.1, -0.05) is 54.1 Å². The molecule has 0 bridgehead atoms. The normalized spacial score (nSPS) is 17.1. The van der Waals surface area contributed by atoms with E-state index in [1.807, 2.05) is 26.0 Å². The molecule has 0 radical (unpaired) electrons. The summed E-state index contributed by atoms with van der Waals surface area (Å²) in [5.41, 5.74) is 3.11. The summed E-state index contributed by atoms with van der Waals surface area (Å²) < 4.78 is 0. The summed E-state index contributed by atoms with van der Waals surface area (Å²) in [6.07, 6.45) is -5.04.